The second kappa shape index (κ2) is 6.39. The Bertz CT molecular complexity index is 362. The summed E-state index contributed by atoms with van der Waals surface area (Å²) in [6.45, 7) is 3.25. The van der Waals surface area contributed by atoms with Crippen LogP contribution in [0.1, 0.15) is 32.6 Å². The van der Waals surface area contributed by atoms with Crippen LogP contribution in [0.4, 0.5) is 10.6 Å². The van der Waals surface area contributed by atoms with Gasteiger partial charge in [0.2, 0.25) is 0 Å². The van der Waals surface area contributed by atoms with E-state index in [1.807, 2.05) is 6.92 Å². The minimum Gasteiger partial charge on any atom is -0.331 e. The van der Waals surface area contributed by atoms with E-state index < -0.39 is 0 Å². The van der Waals surface area contributed by atoms with Gasteiger partial charge in [-0.3, -0.25) is 10.2 Å². The predicted octanol–water partition coefficient (Wildman–Crippen LogP) is 2.39. The largest absolute Gasteiger partial charge is 0.346 e. The van der Waals surface area contributed by atoms with Gasteiger partial charge in [-0.25, -0.2) is 14.8 Å². The fourth-order valence-electron chi connectivity index (χ4n) is 1.81. The summed E-state index contributed by atoms with van der Waals surface area (Å²) in [5.74, 6) is 1.16. The van der Waals surface area contributed by atoms with Gasteiger partial charge >= 0.3 is 6.03 Å². The van der Waals surface area contributed by atoms with Crippen molar-refractivity contribution in [3.8, 4) is 0 Å². The Morgan fingerprint density at radius 2 is 2.50 bits per heavy atom. The molecule has 1 aromatic heterocycles. The van der Waals surface area contributed by atoms with Gasteiger partial charge in [-0.2, -0.15) is 0 Å². The van der Waals surface area contributed by atoms with E-state index in [1.165, 1.54) is 30.7 Å². The maximum absolute atomic E-state index is 12.0. The highest BCUT2D eigenvalue weighted by Gasteiger charge is 2.24. The lowest BCUT2D eigenvalue weighted by Crippen LogP contribution is -2.40. The Labute approximate surface area is 107 Å². The number of anilines is 1. The van der Waals surface area contributed by atoms with Crippen molar-refractivity contribution < 1.29 is 9.63 Å². The summed E-state index contributed by atoms with van der Waals surface area (Å²) >= 11 is 0. The van der Waals surface area contributed by atoms with Crippen molar-refractivity contribution in [1.82, 2.24) is 15.0 Å². The minimum atomic E-state index is -0.236. The summed E-state index contributed by atoms with van der Waals surface area (Å²) in [5, 5.41) is 4.17. The normalized spacial score (nSPS) is 15.2. The zero-order chi connectivity index (χ0) is 12.8. The van der Waals surface area contributed by atoms with Crippen molar-refractivity contribution in [2.45, 2.75) is 32.6 Å². The summed E-state index contributed by atoms with van der Waals surface area (Å²) in [6.07, 6.45) is 7.61. The molecule has 0 bridgehead atoms. The van der Waals surface area contributed by atoms with Gasteiger partial charge in [0.25, 0.3) is 0 Å². The van der Waals surface area contributed by atoms with Crippen molar-refractivity contribution in [1.29, 1.82) is 0 Å². The molecule has 100 valence electrons. The van der Waals surface area contributed by atoms with E-state index in [9.17, 15) is 4.79 Å². The Morgan fingerprint density at radius 3 is 3.06 bits per heavy atom. The molecule has 1 aromatic rings. The molecule has 2 amide bonds. The number of hydrogen-bond acceptors (Lipinski definition) is 3. The fourth-order valence-corrected chi connectivity index (χ4v) is 1.81. The summed E-state index contributed by atoms with van der Waals surface area (Å²) in [4.78, 5) is 24.2. The molecule has 18 heavy (non-hydrogen) atoms. The quantitative estimate of drug-likeness (QED) is 0.764. The highest BCUT2D eigenvalue weighted by molar-refractivity contribution is 5.87. The number of urea groups is 1. The van der Waals surface area contributed by atoms with Crippen LogP contribution >= 0.6 is 0 Å². The van der Waals surface area contributed by atoms with Gasteiger partial charge < -0.3 is 4.98 Å². The number of imidazole rings is 1. The first kappa shape index (κ1) is 12.9. The highest BCUT2D eigenvalue weighted by atomic mass is 16.7. The first-order valence-corrected chi connectivity index (χ1v) is 6.49. The van der Waals surface area contributed by atoms with Crippen LogP contribution in [0.5, 0.6) is 0 Å². The number of nitrogens with zero attached hydrogens (tertiary/aromatic N) is 2. The van der Waals surface area contributed by atoms with E-state index in [4.69, 9.17) is 4.84 Å². The van der Waals surface area contributed by atoms with Crippen LogP contribution < -0.4 is 5.32 Å². The zero-order valence-electron chi connectivity index (χ0n) is 10.7. The average Bonchev–Trinajstić information content (AvgIpc) is 2.79. The van der Waals surface area contributed by atoms with Gasteiger partial charge in [-0.05, 0) is 25.2 Å². The molecule has 6 nitrogen and oxygen atoms in total. The molecule has 0 aromatic carbocycles. The second-order valence-electron chi connectivity index (χ2n) is 4.59. The molecule has 0 unspecified atom stereocenters. The Hall–Kier alpha value is -1.56. The smallest absolute Gasteiger partial charge is 0.331 e. The van der Waals surface area contributed by atoms with Gasteiger partial charge in [0, 0.05) is 0 Å². The average molecular weight is 252 g/mol. The van der Waals surface area contributed by atoms with Gasteiger partial charge in [-0.15, -0.1) is 0 Å². The molecule has 2 N–H and O–H groups in total. The number of carbonyl (C=O) groups is 1. The number of H-pyrrole nitrogens is 1. The number of hydroxylamine groups is 2. The zero-order valence-corrected chi connectivity index (χ0v) is 10.7. The number of aromatic nitrogens is 2. The van der Waals surface area contributed by atoms with Gasteiger partial charge in [0.05, 0.1) is 25.7 Å². The third-order valence-electron chi connectivity index (χ3n) is 3.07. The Kier molecular flexibility index (Phi) is 4.58. The highest BCUT2D eigenvalue weighted by Crippen LogP contribution is 2.27. The van der Waals surface area contributed by atoms with E-state index >= 15 is 0 Å². The molecule has 0 radical (unpaired) electrons. The maximum atomic E-state index is 12.0. The van der Waals surface area contributed by atoms with Crippen LogP contribution in [0.2, 0.25) is 0 Å². The lowest BCUT2D eigenvalue weighted by molar-refractivity contribution is -0.125. The molecule has 1 aliphatic rings. The minimum absolute atomic E-state index is 0.236. The molecule has 0 atom stereocenters. The lowest BCUT2D eigenvalue weighted by Gasteiger charge is -2.31. The standard InChI is InChI=1S/C12H20N4O2/c1-2-6-18-16(8-10-4-3-5-10)12(17)15-11-7-13-9-14-11/h7,9-10H,2-6,8H2,1H3,(H,13,14)(H,15,17). The Morgan fingerprint density at radius 1 is 1.67 bits per heavy atom. The van der Waals surface area contributed by atoms with E-state index in [-0.39, 0.29) is 6.03 Å². The van der Waals surface area contributed by atoms with Crippen molar-refractivity contribution in [3.63, 3.8) is 0 Å². The lowest BCUT2D eigenvalue weighted by atomic mass is 9.85. The number of hydrogen-bond donors (Lipinski definition) is 2. The van der Waals surface area contributed by atoms with Gasteiger partial charge in [0.1, 0.15) is 5.82 Å². The van der Waals surface area contributed by atoms with E-state index in [1.54, 1.807) is 6.20 Å². The SMILES string of the molecule is CCCON(CC1CCC1)C(=O)Nc1cnc[nH]1. The monoisotopic (exact) mass is 252 g/mol. The van der Waals surface area contributed by atoms with Crippen LogP contribution in [0.15, 0.2) is 12.5 Å². The molecular formula is C12H20N4O2. The second-order valence-corrected chi connectivity index (χ2v) is 4.59. The van der Waals surface area contributed by atoms with Crippen LogP contribution in [-0.4, -0.2) is 34.2 Å². The van der Waals surface area contributed by atoms with Crippen LogP contribution in [-0.2, 0) is 4.84 Å². The van der Waals surface area contributed by atoms with Gasteiger partial charge in [0.15, 0.2) is 0 Å². The molecule has 6 heteroatoms. The van der Waals surface area contributed by atoms with E-state index in [0.717, 1.165) is 6.42 Å². The summed E-state index contributed by atoms with van der Waals surface area (Å²) in [5.41, 5.74) is 0. The number of carbonyl (C=O) groups excluding carboxylic acids is 1. The molecule has 0 aliphatic heterocycles. The molecule has 2 rings (SSSR count). The van der Waals surface area contributed by atoms with Gasteiger partial charge in [-0.1, -0.05) is 13.3 Å². The van der Waals surface area contributed by atoms with Crippen LogP contribution in [0.3, 0.4) is 0 Å². The number of nitrogens with one attached hydrogen (secondary N) is 2. The summed E-state index contributed by atoms with van der Waals surface area (Å²) in [6, 6.07) is -0.236. The predicted molar refractivity (Wildman–Crippen MR) is 67.9 cm³/mol. The third kappa shape index (κ3) is 3.46. The summed E-state index contributed by atoms with van der Waals surface area (Å²) in [7, 11) is 0. The topological polar surface area (TPSA) is 70.2 Å². The molecule has 1 fully saturated rings. The molecular weight excluding hydrogens is 232 g/mol. The molecule has 0 saturated heterocycles. The maximum Gasteiger partial charge on any atom is 0.346 e. The first-order chi connectivity index (χ1) is 8.79. The first-order valence-electron chi connectivity index (χ1n) is 6.49. The third-order valence-corrected chi connectivity index (χ3v) is 3.07. The van der Waals surface area contributed by atoms with Crippen molar-refractivity contribution in [2.75, 3.05) is 18.5 Å². The van der Waals surface area contributed by atoms with Crippen molar-refractivity contribution in [3.05, 3.63) is 12.5 Å². The van der Waals surface area contributed by atoms with Crippen LogP contribution in [0, 0.1) is 5.92 Å². The van der Waals surface area contributed by atoms with Crippen LogP contribution in [0.25, 0.3) is 0 Å². The Balaban J connectivity index is 1.86. The number of rotatable bonds is 6. The molecule has 1 heterocycles. The molecule has 0 spiro atoms. The van der Waals surface area contributed by atoms with Crippen molar-refractivity contribution in [2.24, 2.45) is 5.92 Å². The van der Waals surface area contributed by atoms with Crippen molar-refractivity contribution >= 4 is 11.8 Å². The fraction of sp³-hybridized carbons (Fsp3) is 0.667. The number of amides is 2. The summed E-state index contributed by atoms with van der Waals surface area (Å²) < 4.78 is 0. The van der Waals surface area contributed by atoms with E-state index in [2.05, 4.69) is 15.3 Å². The molecule has 1 saturated carbocycles. The van der Waals surface area contributed by atoms with E-state index in [0.29, 0.717) is 24.9 Å². The molecule has 1 aliphatic carbocycles. The number of aromatic amines is 1.